The Hall–Kier alpha value is -3.52. The Morgan fingerprint density at radius 1 is 0.971 bits per heavy atom. The highest BCUT2D eigenvalue weighted by molar-refractivity contribution is 6.21. The molecule has 2 aromatic rings. The molecule has 0 aromatic heterocycles. The van der Waals surface area contributed by atoms with Crippen molar-refractivity contribution in [3.63, 3.8) is 0 Å². The minimum atomic E-state index is -0.351. The van der Waals surface area contributed by atoms with Crippen molar-refractivity contribution in [2.75, 3.05) is 31.5 Å². The van der Waals surface area contributed by atoms with Crippen LogP contribution in [0.2, 0.25) is 0 Å². The number of likely N-dealkylation sites (tertiary alicyclic amines) is 1. The number of aryl methyl sites for hydroxylation is 1. The fourth-order valence-corrected chi connectivity index (χ4v) is 4.53. The maximum atomic E-state index is 12.5. The first-order chi connectivity index (χ1) is 16.3. The van der Waals surface area contributed by atoms with Gasteiger partial charge in [0, 0.05) is 31.1 Å². The van der Waals surface area contributed by atoms with Crippen LogP contribution >= 0.6 is 0 Å². The number of nitrogens with two attached hydrogens (primary N) is 1. The summed E-state index contributed by atoms with van der Waals surface area (Å²) in [5.74, 6) is -1.15. The van der Waals surface area contributed by atoms with Crippen molar-refractivity contribution >= 4 is 29.3 Å². The number of nitrogens with one attached hydrogen (secondary N) is 1. The lowest BCUT2D eigenvalue weighted by molar-refractivity contribution is -0.123. The molecular weight excluding hydrogens is 432 g/mol. The number of rotatable bonds is 8. The third kappa shape index (κ3) is 5.34. The quantitative estimate of drug-likeness (QED) is 0.585. The van der Waals surface area contributed by atoms with E-state index < -0.39 is 0 Å². The molecule has 4 amide bonds. The van der Waals surface area contributed by atoms with Gasteiger partial charge in [0.25, 0.3) is 11.8 Å². The topological polar surface area (TPSA) is 113 Å². The van der Waals surface area contributed by atoms with Gasteiger partial charge in [0.05, 0.1) is 11.1 Å². The lowest BCUT2D eigenvalue weighted by Crippen LogP contribution is -2.39. The molecule has 0 unspecified atom stereocenters. The molecule has 2 heterocycles. The van der Waals surface area contributed by atoms with Crippen molar-refractivity contribution in [3.8, 4) is 0 Å². The summed E-state index contributed by atoms with van der Waals surface area (Å²) in [5.41, 5.74) is 8.94. The van der Waals surface area contributed by atoms with Crippen LogP contribution in [0.3, 0.4) is 0 Å². The summed E-state index contributed by atoms with van der Waals surface area (Å²) in [7, 11) is 0. The van der Waals surface area contributed by atoms with Gasteiger partial charge in [-0.2, -0.15) is 0 Å². The van der Waals surface area contributed by atoms with Crippen LogP contribution in [0, 0.1) is 12.8 Å². The first kappa shape index (κ1) is 23.6. The standard InChI is InChI=1S/C26H30N4O4/c1-17-2-7-21-22(16-17)26(34)30(25(21)33)15-11-23(31)28-20-5-3-18(4-6-20)8-12-29-13-9-19(10-14-29)24(27)32/h2-7,16,19H,8-15H2,1H3,(H2,27,32)(H,28,31). The van der Waals surface area contributed by atoms with Crippen molar-refractivity contribution in [2.45, 2.75) is 32.6 Å². The van der Waals surface area contributed by atoms with Gasteiger partial charge in [-0.15, -0.1) is 0 Å². The number of anilines is 1. The highest BCUT2D eigenvalue weighted by atomic mass is 16.2. The third-order valence-corrected chi connectivity index (χ3v) is 6.63. The molecule has 0 aliphatic carbocycles. The lowest BCUT2D eigenvalue weighted by atomic mass is 9.96. The zero-order chi connectivity index (χ0) is 24.2. The fourth-order valence-electron chi connectivity index (χ4n) is 4.53. The lowest BCUT2D eigenvalue weighted by Gasteiger charge is -2.30. The second kappa shape index (κ2) is 10.2. The van der Waals surface area contributed by atoms with E-state index in [1.54, 1.807) is 18.2 Å². The monoisotopic (exact) mass is 462 g/mol. The van der Waals surface area contributed by atoms with Gasteiger partial charge >= 0.3 is 0 Å². The Morgan fingerprint density at radius 3 is 2.32 bits per heavy atom. The van der Waals surface area contributed by atoms with Crippen LogP contribution in [-0.4, -0.2) is 59.6 Å². The molecule has 1 fully saturated rings. The molecule has 8 nitrogen and oxygen atoms in total. The zero-order valence-corrected chi connectivity index (χ0v) is 19.4. The number of nitrogens with zero attached hydrogens (tertiary/aromatic N) is 2. The van der Waals surface area contributed by atoms with E-state index in [0.29, 0.717) is 16.8 Å². The molecule has 34 heavy (non-hydrogen) atoms. The van der Waals surface area contributed by atoms with Crippen LogP contribution in [-0.2, 0) is 16.0 Å². The summed E-state index contributed by atoms with van der Waals surface area (Å²) >= 11 is 0. The van der Waals surface area contributed by atoms with E-state index in [0.717, 1.165) is 54.9 Å². The van der Waals surface area contributed by atoms with Gasteiger partial charge in [0.1, 0.15) is 0 Å². The van der Waals surface area contributed by atoms with Gasteiger partial charge in [-0.25, -0.2) is 0 Å². The molecule has 0 bridgehead atoms. The predicted octanol–water partition coefficient (Wildman–Crippen LogP) is 2.36. The van der Waals surface area contributed by atoms with Crippen molar-refractivity contribution in [3.05, 3.63) is 64.7 Å². The summed E-state index contributed by atoms with van der Waals surface area (Å²) in [5, 5.41) is 2.83. The summed E-state index contributed by atoms with van der Waals surface area (Å²) in [6.07, 6.45) is 2.56. The zero-order valence-electron chi connectivity index (χ0n) is 19.4. The number of benzene rings is 2. The minimum Gasteiger partial charge on any atom is -0.369 e. The average molecular weight is 463 g/mol. The van der Waals surface area contributed by atoms with Crippen molar-refractivity contribution in [1.29, 1.82) is 0 Å². The highest BCUT2D eigenvalue weighted by Gasteiger charge is 2.35. The Morgan fingerprint density at radius 2 is 1.65 bits per heavy atom. The van der Waals surface area contributed by atoms with Crippen LogP contribution in [0.15, 0.2) is 42.5 Å². The van der Waals surface area contributed by atoms with E-state index in [1.807, 2.05) is 31.2 Å². The maximum absolute atomic E-state index is 12.5. The minimum absolute atomic E-state index is 0.000345. The molecule has 3 N–H and O–H groups in total. The summed E-state index contributed by atoms with van der Waals surface area (Å²) < 4.78 is 0. The number of imide groups is 1. The number of hydrogen-bond donors (Lipinski definition) is 2. The van der Waals surface area contributed by atoms with Gasteiger partial charge in [-0.1, -0.05) is 23.8 Å². The maximum Gasteiger partial charge on any atom is 0.261 e. The van der Waals surface area contributed by atoms with Gasteiger partial charge in [0.15, 0.2) is 0 Å². The van der Waals surface area contributed by atoms with Crippen LogP contribution < -0.4 is 11.1 Å². The number of amides is 4. The van der Waals surface area contributed by atoms with Crippen LogP contribution in [0.5, 0.6) is 0 Å². The molecule has 0 atom stereocenters. The van der Waals surface area contributed by atoms with E-state index in [9.17, 15) is 19.2 Å². The molecule has 8 heteroatoms. The average Bonchev–Trinajstić information content (AvgIpc) is 3.06. The van der Waals surface area contributed by atoms with E-state index in [1.165, 1.54) is 0 Å². The molecule has 2 aliphatic heterocycles. The Labute approximate surface area is 199 Å². The number of carbonyl (C=O) groups excluding carboxylic acids is 4. The molecule has 178 valence electrons. The molecule has 0 radical (unpaired) electrons. The van der Waals surface area contributed by atoms with Gasteiger partial charge in [-0.05, 0) is 69.1 Å². The van der Waals surface area contributed by atoms with E-state index in [4.69, 9.17) is 5.73 Å². The largest absolute Gasteiger partial charge is 0.369 e. The van der Waals surface area contributed by atoms with Gasteiger partial charge in [0.2, 0.25) is 11.8 Å². The van der Waals surface area contributed by atoms with Crippen LogP contribution in [0.25, 0.3) is 0 Å². The number of hydrogen-bond acceptors (Lipinski definition) is 5. The van der Waals surface area contributed by atoms with Gasteiger partial charge < -0.3 is 16.0 Å². The summed E-state index contributed by atoms with van der Waals surface area (Å²) in [4.78, 5) is 52.2. The Kier molecular flexibility index (Phi) is 7.07. The second-order valence-corrected chi connectivity index (χ2v) is 9.07. The van der Waals surface area contributed by atoms with Crippen molar-refractivity contribution < 1.29 is 19.2 Å². The first-order valence-corrected chi connectivity index (χ1v) is 11.7. The smallest absolute Gasteiger partial charge is 0.261 e. The highest BCUT2D eigenvalue weighted by Crippen LogP contribution is 2.24. The SMILES string of the molecule is Cc1ccc2c(c1)C(=O)N(CCC(=O)Nc1ccc(CCN3CCC(C(N)=O)CC3)cc1)C2=O. The van der Waals surface area contributed by atoms with E-state index in [-0.39, 0.29) is 42.5 Å². The number of fused-ring (bicyclic) bond motifs is 1. The summed E-state index contributed by atoms with van der Waals surface area (Å²) in [6.45, 7) is 4.59. The number of piperidine rings is 1. The number of primary amides is 1. The predicted molar refractivity (Wildman–Crippen MR) is 128 cm³/mol. The molecule has 2 aromatic carbocycles. The summed E-state index contributed by atoms with van der Waals surface area (Å²) in [6, 6.07) is 12.9. The third-order valence-electron chi connectivity index (χ3n) is 6.63. The number of carbonyl (C=O) groups is 4. The van der Waals surface area contributed by atoms with Crippen molar-refractivity contribution in [2.24, 2.45) is 11.7 Å². The van der Waals surface area contributed by atoms with Crippen LogP contribution in [0.1, 0.15) is 51.1 Å². The fraction of sp³-hybridized carbons (Fsp3) is 0.385. The second-order valence-electron chi connectivity index (χ2n) is 9.07. The van der Waals surface area contributed by atoms with Crippen LogP contribution in [0.4, 0.5) is 5.69 Å². The Bertz CT molecular complexity index is 1100. The molecule has 0 saturated carbocycles. The normalized spacial score (nSPS) is 16.6. The molecule has 0 spiro atoms. The molecule has 2 aliphatic rings. The molecule has 4 rings (SSSR count). The molecule has 1 saturated heterocycles. The van der Waals surface area contributed by atoms with E-state index >= 15 is 0 Å². The Balaban J connectivity index is 1.22. The first-order valence-electron chi connectivity index (χ1n) is 11.7. The van der Waals surface area contributed by atoms with E-state index in [2.05, 4.69) is 10.2 Å². The molecular formula is C26H30N4O4. The van der Waals surface area contributed by atoms with Crippen molar-refractivity contribution in [1.82, 2.24) is 9.80 Å². The van der Waals surface area contributed by atoms with Gasteiger partial charge in [-0.3, -0.25) is 24.1 Å².